The number of thiazole rings is 1. The third-order valence-corrected chi connectivity index (χ3v) is 5.95. The van der Waals surface area contributed by atoms with Gasteiger partial charge in [-0.25, -0.2) is 4.98 Å². The molecule has 0 radical (unpaired) electrons. The first-order chi connectivity index (χ1) is 10.6. The molecule has 1 amide bonds. The maximum Gasteiger partial charge on any atom is 0.265 e. The molecule has 2 aromatic rings. The summed E-state index contributed by atoms with van der Waals surface area (Å²) in [6.45, 7) is 2.71. The maximum atomic E-state index is 12.5. The van der Waals surface area contributed by atoms with Crippen LogP contribution in [0.4, 0.5) is 0 Å². The fourth-order valence-corrected chi connectivity index (χ4v) is 4.86. The average molecular weight is 331 g/mol. The lowest BCUT2D eigenvalue weighted by Crippen LogP contribution is -2.32. The highest BCUT2D eigenvalue weighted by molar-refractivity contribution is 7.12. The molecule has 0 aromatic carbocycles. The van der Waals surface area contributed by atoms with Crippen LogP contribution < -0.4 is 0 Å². The molecule has 0 bridgehead atoms. The number of rotatable bonds is 3. The summed E-state index contributed by atoms with van der Waals surface area (Å²) in [6, 6.07) is 3.79. The molecule has 0 unspecified atom stereocenters. The Kier molecular flexibility index (Phi) is 4.27. The molecule has 114 valence electrons. The summed E-state index contributed by atoms with van der Waals surface area (Å²) in [7, 11) is 1.82. The second-order valence-corrected chi connectivity index (χ2v) is 7.80. The van der Waals surface area contributed by atoms with Crippen LogP contribution in [0.2, 0.25) is 0 Å². The third kappa shape index (κ3) is 2.79. The topological polar surface area (TPSA) is 57.0 Å². The summed E-state index contributed by atoms with van der Waals surface area (Å²) >= 11 is 3.11. The predicted octanol–water partition coefficient (Wildman–Crippen LogP) is 3.58. The number of likely N-dealkylation sites (N-methyl/N-ethyl adjacent to an activating group) is 1. The van der Waals surface area contributed by atoms with Gasteiger partial charge in [0.25, 0.3) is 5.91 Å². The van der Waals surface area contributed by atoms with Crippen molar-refractivity contribution in [1.29, 1.82) is 5.26 Å². The Balaban J connectivity index is 1.76. The number of fused-ring (bicyclic) bond motifs is 1. The molecule has 0 saturated carbocycles. The van der Waals surface area contributed by atoms with E-state index >= 15 is 0 Å². The molecule has 0 spiro atoms. The van der Waals surface area contributed by atoms with E-state index in [1.165, 1.54) is 21.9 Å². The zero-order valence-electron chi connectivity index (χ0n) is 12.6. The van der Waals surface area contributed by atoms with E-state index in [1.54, 1.807) is 27.7 Å². The molecule has 1 aliphatic rings. The number of aromatic nitrogens is 1. The molecule has 22 heavy (non-hydrogen) atoms. The molecule has 0 N–H and O–H groups in total. The highest BCUT2D eigenvalue weighted by Gasteiger charge is 2.27. The fraction of sp³-hybridized carbons (Fsp3) is 0.438. The molecule has 0 saturated heterocycles. The SMILES string of the molecule is Cc1nc2c(s1)CCC[C@H]2CN(C)C(=O)c1sccc1C#N. The summed E-state index contributed by atoms with van der Waals surface area (Å²) < 4.78 is 0. The number of nitrogens with zero attached hydrogens (tertiary/aromatic N) is 3. The predicted molar refractivity (Wildman–Crippen MR) is 88.5 cm³/mol. The fourth-order valence-electron chi connectivity index (χ4n) is 2.96. The first kappa shape index (κ1) is 15.2. The number of hydrogen-bond acceptors (Lipinski definition) is 5. The van der Waals surface area contributed by atoms with Crippen LogP contribution in [-0.2, 0) is 6.42 Å². The second-order valence-electron chi connectivity index (χ2n) is 5.59. The van der Waals surface area contributed by atoms with Crippen molar-refractivity contribution < 1.29 is 4.79 Å². The van der Waals surface area contributed by atoms with Gasteiger partial charge in [0.15, 0.2) is 0 Å². The van der Waals surface area contributed by atoms with E-state index in [1.807, 2.05) is 14.0 Å². The minimum atomic E-state index is -0.0642. The van der Waals surface area contributed by atoms with E-state index in [4.69, 9.17) is 5.26 Å². The molecule has 3 rings (SSSR count). The van der Waals surface area contributed by atoms with Gasteiger partial charge in [-0.05, 0) is 37.6 Å². The number of nitriles is 1. The number of amides is 1. The van der Waals surface area contributed by atoms with Gasteiger partial charge in [0.05, 0.1) is 16.3 Å². The number of carbonyl (C=O) groups excluding carboxylic acids is 1. The largest absolute Gasteiger partial charge is 0.340 e. The number of aryl methyl sites for hydroxylation is 2. The normalized spacial score (nSPS) is 16.9. The van der Waals surface area contributed by atoms with Crippen LogP contribution in [0.25, 0.3) is 0 Å². The Morgan fingerprint density at radius 1 is 1.59 bits per heavy atom. The van der Waals surface area contributed by atoms with Crippen LogP contribution in [0, 0.1) is 18.3 Å². The summed E-state index contributed by atoms with van der Waals surface area (Å²) in [5.74, 6) is 0.249. The third-order valence-electron chi connectivity index (χ3n) is 4.00. The van der Waals surface area contributed by atoms with Crippen molar-refractivity contribution >= 4 is 28.6 Å². The van der Waals surface area contributed by atoms with Crippen molar-refractivity contribution in [3.05, 3.63) is 37.5 Å². The van der Waals surface area contributed by atoms with E-state index < -0.39 is 0 Å². The van der Waals surface area contributed by atoms with E-state index in [0.29, 0.717) is 22.9 Å². The van der Waals surface area contributed by atoms with Gasteiger partial charge in [-0.1, -0.05) is 0 Å². The van der Waals surface area contributed by atoms with E-state index in [2.05, 4.69) is 11.1 Å². The zero-order chi connectivity index (χ0) is 15.7. The van der Waals surface area contributed by atoms with Crippen LogP contribution >= 0.6 is 22.7 Å². The lowest BCUT2D eigenvalue weighted by molar-refractivity contribution is 0.0787. The average Bonchev–Trinajstić information content (AvgIpc) is 3.11. The minimum Gasteiger partial charge on any atom is -0.340 e. The van der Waals surface area contributed by atoms with Crippen LogP contribution in [-0.4, -0.2) is 29.4 Å². The van der Waals surface area contributed by atoms with Gasteiger partial charge in [-0.15, -0.1) is 22.7 Å². The lowest BCUT2D eigenvalue weighted by Gasteiger charge is -2.26. The summed E-state index contributed by atoms with van der Waals surface area (Å²) in [5, 5.41) is 12.0. The van der Waals surface area contributed by atoms with Crippen molar-refractivity contribution in [1.82, 2.24) is 9.88 Å². The Morgan fingerprint density at radius 3 is 3.18 bits per heavy atom. The molecule has 6 heteroatoms. The van der Waals surface area contributed by atoms with Gasteiger partial charge in [-0.2, -0.15) is 5.26 Å². The molecule has 1 atom stereocenters. The van der Waals surface area contributed by atoms with E-state index in [0.717, 1.165) is 24.3 Å². The van der Waals surface area contributed by atoms with Gasteiger partial charge in [0.2, 0.25) is 0 Å². The van der Waals surface area contributed by atoms with Crippen molar-refractivity contribution in [2.24, 2.45) is 0 Å². The van der Waals surface area contributed by atoms with Gasteiger partial charge in [-0.3, -0.25) is 4.79 Å². The van der Waals surface area contributed by atoms with Gasteiger partial charge in [0.1, 0.15) is 10.9 Å². The van der Waals surface area contributed by atoms with Crippen molar-refractivity contribution in [2.45, 2.75) is 32.1 Å². The minimum absolute atomic E-state index is 0.0642. The Morgan fingerprint density at radius 2 is 2.41 bits per heavy atom. The molecular formula is C16H17N3OS2. The van der Waals surface area contributed by atoms with Crippen molar-refractivity contribution in [3.8, 4) is 6.07 Å². The van der Waals surface area contributed by atoms with Crippen LogP contribution in [0.1, 0.15) is 49.6 Å². The second kappa shape index (κ2) is 6.19. The standard InChI is InChI=1S/C16H17N3OS2/c1-10-18-14-12(4-3-5-13(14)22-10)9-19(2)16(20)15-11(8-17)6-7-21-15/h6-7,12H,3-5,9H2,1-2H3/t12-/m0/s1. The monoisotopic (exact) mass is 331 g/mol. The van der Waals surface area contributed by atoms with Crippen LogP contribution in [0.5, 0.6) is 0 Å². The number of hydrogen-bond donors (Lipinski definition) is 0. The van der Waals surface area contributed by atoms with Gasteiger partial charge in [0, 0.05) is 24.4 Å². The molecule has 2 heterocycles. The Bertz CT molecular complexity index is 741. The first-order valence-corrected chi connectivity index (χ1v) is 8.99. The van der Waals surface area contributed by atoms with Crippen LogP contribution in [0.3, 0.4) is 0 Å². The van der Waals surface area contributed by atoms with E-state index in [-0.39, 0.29) is 5.91 Å². The van der Waals surface area contributed by atoms with Gasteiger partial charge >= 0.3 is 0 Å². The maximum absolute atomic E-state index is 12.5. The van der Waals surface area contributed by atoms with Crippen LogP contribution in [0.15, 0.2) is 11.4 Å². The molecule has 4 nitrogen and oxygen atoms in total. The van der Waals surface area contributed by atoms with Crippen molar-refractivity contribution in [3.63, 3.8) is 0 Å². The number of thiophene rings is 1. The molecule has 2 aromatic heterocycles. The first-order valence-electron chi connectivity index (χ1n) is 7.29. The summed E-state index contributed by atoms with van der Waals surface area (Å²) in [4.78, 5) is 20.9. The van der Waals surface area contributed by atoms with Gasteiger partial charge < -0.3 is 4.90 Å². The van der Waals surface area contributed by atoms with E-state index in [9.17, 15) is 4.79 Å². The Labute approximate surface area is 138 Å². The summed E-state index contributed by atoms with van der Waals surface area (Å²) in [5.41, 5.74) is 1.65. The smallest absolute Gasteiger partial charge is 0.265 e. The molecular weight excluding hydrogens is 314 g/mol. The highest BCUT2D eigenvalue weighted by atomic mass is 32.1. The zero-order valence-corrected chi connectivity index (χ0v) is 14.3. The molecule has 0 aliphatic heterocycles. The number of carbonyl (C=O) groups is 1. The Hall–Kier alpha value is -1.71. The molecule has 0 fully saturated rings. The quantitative estimate of drug-likeness (QED) is 0.864. The molecule has 1 aliphatic carbocycles. The summed E-state index contributed by atoms with van der Waals surface area (Å²) in [6.07, 6.45) is 3.34. The van der Waals surface area contributed by atoms with Crippen molar-refractivity contribution in [2.75, 3.05) is 13.6 Å². The highest BCUT2D eigenvalue weighted by Crippen LogP contribution is 2.35. The lowest BCUT2D eigenvalue weighted by atomic mass is 9.90.